The van der Waals surface area contributed by atoms with E-state index in [2.05, 4.69) is 17.2 Å². The molecular formula is C17H22ClN5O. The van der Waals surface area contributed by atoms with Gasteiger partial charge in [0.15, 0.2) is 5.69 Å². The van der Waals surface area contributed by atoms with Crippen LogP contribution in [0.2, 0.25) is 5.02 Å². The van der Waals surface area contributed by atoms with Crippen molar-refractivity contribution in [1.29, 1.82) is 0 Å². The number of carbonyl (C=O) groups is 1. The average Bonchev–Trinajstić information content (AvgIpc) is 3.18. The molecule has 1 aliphatic heterocycles. The second-order valence-corrected chi connectivity index (χ2v) is 7.06. The van der Waals surface area contributed by atoms with Crippen molar-refractivity contribution in [3.05, 3.63) is 40.7 Å². The number of amides is 1. The Morgan fingerprint density at radius 1 is 1.46 bits per heavy atom. The zero-order valence-electron chi connectivity index (χ0n) is 14.0. The number of hydrogen-bond acceptors (Lipinski definition) is 4. The summed E-state index contributed by atoms with van der Waals surface area (Å²) in [6.45, 7) is 6.05. The Bertz CT molecular complexity index is 759. The lowest BCUT2D eigenvalue weighted by atomic mass is 9.90. The summed E-state index contributed by atoms with van der Waals surface area (Å²) in [5, 5.41) is 8.96. The predicted octanol–water partition coefficient (Wildman–Crippen LogP) is 2.29. The van der Waals surface area contributed by atoms with Crippen LogP contribution in [-0.4, -0.2) is 45.4 Å². The first-order valence-corrected chi connectivity index (χ1v) is 8.55. The van der Waals surface area contributed by atoms with Crippen LogP contribution in [0.25, 0.3) is 5.69 Å². The minimum atomic E-state index is -0.0719. The van der Waals surface area contributed by atoms with Gasteiger partial charge in [-0.1, -0.05) is 36.7 Å². The Labute approximate surface area is 146 Å². The van der Waals surface area contributed by atoms with E-state index in [1.54, 1.807) is 10.7 Å². The van der Waals surface area contributed by atoms with E-state index in [9.17, 15) is 4.79 Å². The third kappa shape index (κ3) is 3.03. The fourth-order valence-corrected chi connectivity index (χ4v) is 3.30. The van der Waals surface area contributed by atoms with E-state index in [0.29, 0.717) is 36.8 Å². The highest BCUT2D eigenvalue weighted by Crippen LogP contribution is 2.30. The predicted molar refractivity (Wildman–Crippen MR) is 93.4 cm³/mol. The standard InChI is InChI=1S/C17H22ClN5O/c1-3-14-15(16(24)22-8-7-17(2,10-19)11-22)20-21-23(14)13-6-4-5-12(18)9-13/h4-6,9H,3,7-8,10-11,19H2,1-2H3. The summed E-state index contributed by atoms with van der Waals surface area (Å²) >= 11 is 6.06. The quantitative estimate of drug-likeness (QED) is 0.920. The van der Waals surface area contributed by atoms with Crippen LogP contribution >= 0.6 is 11.6 Å². The molecular weight excluding hydrogens is 326 g/mol. The number of aromatic nitrogens is 3. The van der Waals surface area contributed by atoms with Crippen LogP contribution in [0.5, 0.6) is 0 Å². The molecule has 1 atom stereocenters. The number of nitrogens with zero attached hydrogens (tertiary/aromatic N) is 4. The van der Waals surface area contributed by atoms with E-state index in [4.69, 9.17) is 17.3 Å². The maximum absolute atomic E-state index is 12.9. The Balaban J connectivity index is 1.91. The van der Waals surface area contributed by atoms with Gasteiger partial charge < -0.3 is 10.6 Å². The van der Waals surface area contributed by atoms with Gasteiger partial charge in [-0.25, -0.2) is 4.68 Å². The van der Waals surface area contributed by atoms with Crippen molar-refractivity contribution in [3.63, 3.8) is 0 Å². The highest BCUT2D eigenvalue weighted by molar-refractivity contribution is 6.30. The third-order valence-electron chi connectivity index (χ3n) is 4.69. The molecule has 1 fully saturated rings. The molecule has 0 aliphatic carbocycles. The fraction of sp³-hybridized carbons (Fsp3) is 0.471. The zero-order valence-corrected chi connectivity index (χ0v) is 14.8. The van der Waals surface area contributed by atoms with Crippen LogP contribution in [0, 0.1) is 5.41 Å². The van der Waals surface area contributed by atoms with Gasteiger partial charge in [-0.2, -0.15) is 0 Å². The highest BCUT2D eigenvalue weighted by Gasteiger charge is 2.36. The zero-order chi connectivity index (χ0) is 17.3. The number of halogens is 1. The first-order chi connectivity index (χ1) is 11.5. The van der Waals surface area contributed by atoms with Crippen molar-refractivity contribution < 1.29 is 4.79 Å². The lowest BCUT2D eigenvalue weighted by molar-refractivity contribution is 0.0770. The highest BCUT2D eigenvalue weighted by atomic mass is 35.5. The SMILES string of the molecule is CCc1c(C(=O)N2CCC(C)(CN)C2)nnn1-c1cccc(Cl)c1. The summed E-state index contributed by atoms with van der Waals surface area (Å²) < 4.78 is 1.69. The summed E-state index contributed by atoms with van der Waals surface area (Å²) in [5.41, 5.74) is 7.84. The van der Waals surface area contributed by atoms with Gasteiger partial charge in [0.05, 0.1) is 11.4 Å². The maximum Gasteiger partial charge on any atom is 0.276 e. The maximum atomic E-state index is 12.9. The minimum absolute atomic E-state index is 0.00894. The van der Waals surface area contributed by atoms with Crippen molar-refractivity contribution in [1.82, 2.24) is 19.9 Å². The molecule has 1 amide bonds. The monoisotopic (exact) mass is 347 g/mol. The molecule has 3 rings (SSSR count). The Morgan fingerprint density at radius 2 is 2.25 bits per heavy atom. The summed E-state index contributed by atoms with van der Waals surface area (Å²) in [4.78, 5) is 14.7. The van der Waals surface area contributed by atoms with Crippen molar-refractivity contribution in [2.75, 3.05) is 19.6 Å². The van der Waals surface area contributed by atoms with E-state index < -0.39 is 0 Å². The lowest BCUT2D eigenvalue weighted by Gasteiger charge is -2.22. The molecule has 24 heavy (non-hydrogen) atoms. The molecule has 1 aromatic heterocycles. The molecule has 0 radical (unpaired) electrons. The van der Waals surface area contributed by atoms with Crippen LogP contribution in [0.4, 0.5) is 0 Å². The number of benzene rings is 1. The molecule has 2 heterocycles. The number of nitrogens with two attached hydrogens (primary N) is 1. The summed E-state index contributed by atoms with van der Waals surface area (Å²) in [6.07, 6.45) is 1.57. The van der Waals surface area contributed by atoms with E-state index in [1.165, 1.54) is 0 Å². The van der Waals surface area contributed by atoms with Crippen molar-refractivity contribution in [3.8, 4) is 5.69 Å². The summed E-state index contributed by atoms with van der Waals surface area (Å²) in [6, 6.07) is 7.37. The molecule has 7 heteroatoms. The van der Waals surface area contributed by atoms with Crippen molar-refractivity contribution in [2.24, 2.45) is 11.1 Å². The second-order valence-electron chi connectivity index (χ2n) is 6.62. The van der Waals surface area contributed by atoms with Gasteiger partial charge >= 0.3 is 0 Å². The van der Waals surface area contributed by atoms with Gasteiger partial charge in [0, 0.05) is 18.1 Å². The number of carbonyl (C=O) groups excluding carboxylic acids is 1. The van der Waals surface area contributed by atoms with Crippen LogP contribution in [-0.2, 0) is 6.42 Å². The molecule has 1 saturated heterocycles. The number of likely N-dealkylation sites (tertiary alicyclic amines) is 1. The van der Waals surface area contributed by atoms with Gasteiger partial charge in [0.1, 0.15) is 0 Å². The molecule has 2 N–H and O–H groups in total. The smallest absolute Gasteiger partial charge is 0.276 e. The molecule has 0 spiro atoms. The summed E-state index contributed by atoms with van der Waals surface area (Å²) in [5.74, 6) is -0.0719. The van der Waals surface area contributed by atoms with Gasteiger partial charge in [-0.15, -0.1) is 5.10 Å². The molecule has 6 nitrogen and oxygen atoms in total. The topological polar surface area (TPSA) is 77.0 Å². The molecule has 128 valence electrons. The fourth-order valence-electron chi connectivity index (χ4n) is 3.11. The lowest BCUT2D eigenvalue weighted by Crippen LogP contribution is -2.35. The first kappa shape index (κ1) is 16.9. The molecule has 1 aromatic carbocycles. The second kappa shape index (κ2) is 6.53. The molecule has 1 aliphatic rings. The van der Waals surface area contributed by atoms with Crippen LogP contribution < -0.4 is 5.73 Å². The Hall–Kier alpha value is -1.92. The average molecular weight is 348 g/mol. The van der Waals surface area contributed by atoms with Crippen LogP contribution in [0.15, 0.2) is 24.3 Å². The minimum Gasteiger partial charge on any atom is -0.337 e. The van der Waals surface area contributed by atoms with Gasteiger partial charge in [-0.3, -0.25) is 4.79 Å². The molecule has 0 bridgehead atoms. The van der Waals surface area contributed by atoms with Gasteiger partial charge in [0.2, 0.25) is 0 Å². The first-order valence-electron chi connectivity index (χ1n) is 8.17. The number of hydrogen-bond donors (Lipinski definition) is 1. The van der Waals surface area contributed by atoms with Gasteiger partial charge in [-0.05, 0) is 43.0 Å². The van der Waals surface area contributed by atoms with E-state index in [1.807, 2.05) is 30.0 Å². The Kier molecular flexibility index (Phi) is 4.60. The van der Waals surface area contributed by atoms with Gasteiger partial charge in [0.25, 0.3) is 5.91 Å². The molecule has 0 saturated carbocycles. The molecule has 2 aromatic rings. The van der Waals surface area contributed by atoms with E-state index >= 15 is 0 Å². The van der Waals surface area contributed by atoms with E-state index in [-0.39, 0.29) is 11.3 Å². The largest absolute Gasteiger partial charge is 0.337 e. The van der Waals surface area contributed by atoms with Crippen molar-refractivity contribution in [2.45, 2.75) is 26.7 Å². The van der Waals surface area contributed by atoms with Crippen molar-refractivity contribution >= 4 is 17.5 Å². The van der Waals surface area contributed by atoms with Crippen LogP contribution in [0.3, 0.4) is 0 Å². The van der Waals surface area contributed by atoms with Crippen LogP contribution in [0.1, 0.15) is 36.5 Å². The molecule has 1 unspecified atom stereocenters. The third-order valence-corrected chi connectivity index (χ3v) is 4.93. The number of rotatable bonds is 4. The normalized spacial score (nSPS) is 20.6. The Morgan fingerprint density at radius 3 is 2.88 bits per heavy atom. The summed E-state index contributed by atoms with van der Waals surface area (Å²) in [7, 11) is 0. The van der Waals surface area contributed by atoms with E-state index in [0.717, 1.165) is 17.8 Å².